The van der Waals surface area contributed by atoms with Crippen LogP contribution >= 0.6 is 12.4 Å². The summed E-state index contributed by atoms with van der Waals surface area (Å²) in [5, 5.41) is 17.4. The number of methoxy groups -OCH3 is 1. The van der Waals surface area contributed by atoms with Crippen LogP contribution < -0.4 is 15.5 Å². The van der Waals surface area contributed by atoms with Crippen molar-refractivity contribution in [2.45, 2.75) is 19.8 Å². The third-order valence-electron chi connectivity index (χ3n) is 4.50. The number of nitrogens with one attached hydrogen (secondary N) is 2. The minimum Gasteiger partial charge on any atom is -0.383 e. The fourth-order valence-corrected chi connectivity index (χ4v) is 3.15. The highest BCUT2D eigenvalue weighted by atomic mass is 35.5. The number of nitrogens with zero attached hydrogens (tertiary/aromatic N) is 2. The van der Waals surface area contributed by atoms with Crippen molar-refractivity contribution in [2.75, 3.05) is 51.3 Å². The number of nitro groups is 1. The maximum Gasteiger partial charge on any atom is 0.293 e. The van der Waals surface area contributed by atoms with Crippen LogP contribution in [0.15, 0.2) is 18.2 Å². The molecule has 8 nitrogen and oxygen atoms in total. The second kappa shape index (κ2) is 11.7. The molecule has 9 heteroatoms. The fourth-order valence-electron chi connectivity index (χ4n) is 3.15. The zero-order valence-corrected chi connectivity index (χ0v) is 16.7. The lowest BCUT2D eigenvalue weighted by Gasteiger charge is -2.32. The summed E-state index contributed by atoms with van der Waals surface area (Å²) >= 11 is 0. The van der Waals surface area contributed by atoms with Crippen molar-refractivity contribution >= 4 is 29.7 Å². The highest BCUT2D eigenvalue weighted by Gasteiger charge is 2.25. The van der Waals surface area contributed by atoms with E-state index in [1.165, 1.54) is 6.07 Å². The standard InChI is InChI=1S/C18H28N4O4.ClH/c1-14-4-3-10-21(13-14)16-6-5-15(12-17(16)22(24)25)18(23)20-8-7-19-9-11-26-2;/h5-6,12,14,19H,3-4,7-11,13H2,1-2H3,(H,20,23);1H. The Morgan fingerprint density at radius 2 is 2.15 bits per heavy atom. The van der Waals surface area contributed by atoms with Gasteiger partial charge in [-0.05, 0) is 30.9 Å². The van der Waals surface area contributed by atoms with Crippen LogP contribution in [0.3, 0.4) is 0 Å². The number of rotatable bonds is 9. The smallest absolute Gasteiger partial charge is 0.293 e. The Balaban J connectivity index is 0.00000364. The van der Waals surface area contributed by atoms with E-state index in [4.69, 9.17) is 4.74 Å². The molecular weight excluding hydrogens is 372 g/mol. The van der Waals surface area contributed by atoms with E-state index in [9.17, 15) is 14.9 Å². The van der Waals surface area contributed by atoms with E-state index in [0.717, 1.165) is 25.9 Å². The normalized spacial score (nSPS) is 16.5. The van der Waals surface area contributed by atoms with Crippen molar-refractivity contribution in [3.8, 4) is 0 Å². The summed E-state index contributed by atoms with van der Waals surface area (Å²) < 4.78 is 4.92. The predicted octanol–water partition coefficient (Wildman–Crippen LogP) is 2.22. The Kier molecular flexibility index (Phi) is 10.1. The highest BCUT2D eigenvalue weighted by Crippen LogP contribution is 2.32. The molecule has 27 heavy (non-hydrogen) atoms. The molecule has 0 radical (unpaired) electrons. The molecule has 1 heterocycles. The van der Waals surface area contributed by atoms with Crippen molar-refractivity contribution in [3.05, 3.63) is 33.9 Å². The number of ether oxygens (including phenoxy) is 1. The molecule has 1 aliphatic rings. The van der Waals surface area contributed by atoms with Crippen molar-refractivity contribution < 1.29 is 14.5 Å². The van der Waals surface area contributed by atoms with Crippen LogP contribution in [0.1, 0.15) is 30.1 Å². The maximum absolute atomic E-state index is 12.2. The van der Waals surface area contributed by atoms with Crippen molar-refractivity contribution in [1.29, 1.82) is 0 Å². The van der Waals surface area contributed by atoms with E-state index in [1.807, 2.05) is 4.90 Å². The third kappa shape index (κ3) is 6.97. The Bertz CT molecular complexity index is 629. The summed E-state index contributed by atoms with van der Waals surface area (Å²) in [5.41, 5.74) is 0.895. The van der Waals surface area contributed by atoms with Gasteiger partial charge in [-0.1, -0.05) is 6.92 Å². The molecule has 0 saturated carbocycles. The number of halogens is 1. The fraction of sp³-hybridized carbons (Fsp3) is 0.611. The molecule has 2 rings (SSSR count). The number of hydrogen-bond acceptors (Lipinski definition) is 6. The van der Waals surface area contributed by atoms with Gasteiger partial charge in [0.2, 0.25) is 0 Å². The van der Waals surface area contributed by atoms with Crippen molar-refractivity contribution in [1.82, 2.24) is 10.6 Å². The van der Waals surface area contributed by atoms with Crippen LogP contribution in [0.4, 0.5) is 11.4 Å². The Morgan fingerprint density at radius 3 is 2.81 bits per heavy atom. The molecule has 1 atom stereocenters. The molecule has 1 aromatic carbocycles. The van der Waals surface area contributed by atoms with Crippen LogP contribution in [-0.2, 0) is 4.74 Å². The molecule has 0 aromatic heterocycles. The zero-order valence-electron chi connectivity index (χ0n) is 15.9. The number of anilines is 1. The number of benzene rings is 1. The van der Waals surface area contributed by atoms with Crippen molar-refractivity contribution in [3.63, 3.8) is 0 Å². The largest absolute Gasteiger partial charge is 0.383 e. The summed E-state index contributed by atoms with van der Waals surface area (Å²) in [7, 11) is 1.63. The number of carbonyl (C=O) groups is 1. The minimum absolute atomic E-state index is 0. The first-order valence-electron chi connectivity index (χ1n) is 9.04. The second-order valence-electron chi connectivity index (χ2n) is 6.65. The summed E-state index contributed by atoms with van der Waals surface area (Å²) in [6.45, 7) is 6.14. The van der Waals surface area contributed by atoms with Gasteiger partial charge in [-0.3, -0.25) is 14.9 Å². The van der Waals surface area contributed by atoms with Gasteiger partial charge < -0.3 is 20.3 Å². The van der Waals surface area contributed by atoms with Gasteiger partial charge in [-0.25, -0.2) is 0 Å². The highest BCUT2D eigenvalue weighted by molar-refractivity contribution is 5.95. The topological polar surface area (TPSA) is 96.7 Å². The molecule has 1 unspecified atom stereocenters. The first-order valence-corrected chi connectivity index (χ1v) is 9.04. The monoisotopic (exact) mass is 400 g/mol. The lowest BCUT2D eigenvalue weighted by Crippen LogP contribution is -2.35. The number of nitro benzene ring substituents is 1. The van der Waals surface area contributed by atoms with Gasteiger partial charge in [0.05, 0.1) is 11.5 Å². The van der Waals surface area contributed by atoms with Gasteiger partial charge in [-0.15, -0.1) is 12.4 Å². The molecule has 0 bridgehead atoms. The van der Waals surface area contributed by atoms with Gasteiger partial charge >= 0.3 is 0 Å². The SMILES string of the molecule is COCCNCCNC(=O)c1ccc(N2CCCC(C)C2)c([N+](=O)[O-])c1.Cl. The Morgan fingerprint density at radius 1 is 1.37 bits per heavy atom. The number of piperidine rings is 1. The molecule has 2 N–H and O–H groups in total. The number of hydrogen-bond donors (Lipinski definition) is 2. The average molecular weight is 401 g/mol. The van der Waals surface area contributed by atoms with Gasteiger partial charge in [-0.2, -0.15) is 0 Å². The molecule has 0 aliphatic carbocycles. The van der Waals surface area contributed by atoms with Crippen LogP contribution in [-0.4, -0.2) is 57.3 Å². The summed E-state index contributed by atoms with van der Waals surface area (Å²) in [4.78, 5) is 25.4. The van der Waals surface area contributed by atoms with Gasteiger partial charge in [0.1, 0.15) is 5.69 Å². The Hall–Kier alpha value is -1.90. The van der Waals surface area contributed by atoms with Gasteiger partial charge in [0, 0.05) is 51.5 Å². The summed E-state index contributed by atoms with van der Waals surface area (Å²) in [6.07, 6.45) is 2.17. The molecular formula is C18H29ClN4O4. The van der Waals surface area contributed by atoms with E-state index in [-0.39, 0.29) is 24.0 Å². The molecule has 1 aromatic rings. The Labute approximate surface area is 166 Å². The molecule has 152 valence electrons. The maximum atomic E-state index is 12.2. The van der Waals surface area contributed by atoms with Crippen LogP contribution in [0, 0.1) is 16.0 Å². The molecule has 0 spiro atoms. The lowest BCUT2D eigenvalue weighted by molar-refractivity contribution is -0.384. The molecule has 1 saturated heterocycles. The predicted molar refractivity (Wildman–Crippen MR) is 108 cm³/mol. The van der Waals surface area contributed by atoms with E-state index >= 15 is 0 Å². The van der Waals surface area contributed by atoms with Gasteiger partial charge in [0.25, 0.3) is 11.6 Å². The van der Waals surface area contributed by atoms with Crippen LogP contribution in [0.5, 0.6) is 0 Å². The molecule has 1 fully saturated rings. The lowest BCUT2D eigenvalue weighted by atomic mass is 9.99. The third-order valence-corrected chi connectivity index (χ3v) is 4.50. The second-order valence-corrected chi connectivity index (χ2v) is 6.65. The summed E-state index contributed by atoms with van der Waals surface area (Å²) in [6, 6.07) is 4.74. The average Bonchev–Trinajstić information content (AvgIpc) is 2.63. The van der Waals surface area contributed by atoms with E-state index in [1.54, 1.807) is 19.2 Å². The van der Waals surface area contributed by atoms with E-state index in [0.29, 0.717) is 43.4 Å². The number of amides is 1. The minimum atomic E-state index is -0.405. The quantitative estimate of drug-likeness (QED) is 0.375. The van der Waals surface area contributed by atoms with Crippen LogP contribution in [0.25, 0.3) is 0 Å². The zero-order chi connectivity index (χ0) is 18.9. The van der Waals surface area contributed by atoms with Crippen molar-refractivity contribution in [2.24, 2.45) is 5.92 Å². The first-order chi connectivity index (χ1) is 12.5. The van der Waals surface area contributed by atoms with E-state index in [2.05, 4.69) is 17.6 Å². The molecule has 1 amide bonds. The first kappa shape index (κ1) is 23.1. The molecule has 1 aliphatic heterocycles. The summed E-state index contributed by atoms with van der Waals surface area (Å²) in [5.74, 6) is 0.206. The number of carbonyl (C=O) groups excluding carboxylic acids is 1. The van der Waals surface area contributed by atoms with E-state index < -0.39 is 4.92 Å². The van der Waals surface area contributed by atoms with Crippen LogP contribution in [0.2, 0.25) is 0 Å². The van der Waals surface area contributed by atoms with Gasteiger partial charge in [0.15, 0.2) is 0 Å².